The van der Waals surface area contributed by atoms with Crippen molar-refractivity contribution in [1.29, 1.82) is 0 Å². The van der Waals surface area contributed by atoms with Crippen LogP contribution in [0.25, 0.3) is 6.08 Å². The second-order valence-corrected chi connectivity index (χ2v) is 3.93. The van der Waals surface area contributed by atoms with Gasteiger partial charge in [0.25, 0.3) is 0 Å². The fraction of sp³-hybridized carbons (Fsp3) is 0.357. The van der Waals surface area contributed by atoms with Crippen LogP contribution in [0.3, 0.4) is 0 Å². The molecule has 1 N–H and O–H groups in total. The zero-order valence-corrected chi connectivity index (χ0v) is 10.4. The highest BCUT2D eigenvalue weighted by Crippen LogP contribution is 2.20. The van der Waals surface area contributed by atoms with Crippen molar-refractivity contribution in [3.8, 4) is 0 Å². The average Bonchev–Trinajstić information content (AvgIpc) is 2.30. The molecule has 0 aliphatic rings. The van der Waals surface area contributed by atoms with E-state index in [1.54, 1.807) is 13.2 Å². The number of hydrogen-bond donors (Lipinski definition) is 1. The SMILES string of the molecule is CCO/C=C/c1cc(C(C)C(=O)O)ccc1C. The molecule has 0 aromatic heterocycles. The first kappa shape index (κ1) is 13.3. The number of aliphatic carboxylic acids is 1. The van der Waals surface area contributed by atoms with Gasteiger partial charge >= 0.3 is 5.97 Å². The Morgan fingerprint density at radius 2 is 2.24 bits per heavy atom. The summed E-state index contributed by atoms with van der Waals surface area (Å²) in [5, 5.41) is 8.97. The Hall–Kier alpha value is -1.77. The van der Waals surface area contributed by atoms with Crippen molar-refractivity contribution in [3.05, 3.63) is 41.2 Å². The van der Waals surface area contributed by atoms with Gasteiger partial charge in [-0.25, -0.2) is 0 Å². The summed E-state index contributed by atoms with van der Waals surface area (Å²) in [5.74, 6) is -1.30. The van der Waals surface area contributed by atoms with Crippen LogP contribution in [-0.2, 0) is 9.53 Å². The first-order valence-electron chi connectivity index (χ1n) is 5.67. The topological polar surface area (TPSA) is 46.5 Å². The van der Waals surface area contributed by atoms with Crippen LogP contribution in [0, 0.1) is 6.92 Å². The highest BCUT2D eigenvalue weighted by molar-refractivity contribution is 5.76. The molecule has 3 heteroatoms. The zero-order chi connectivity index (χ0) is 12.8. The Kier molecular flexibility index (Phi) is 4.76. The third-order valence-electron chi connectivity index (χ3n) is 2.68. The van der Waals surface area contributed by atoms with Gasteiger partial charge in [-0.2, -0.15) is 0 Å². The number of aryl methyl sites for hydroxylation is 1. The molecule has 1 atom stereocenters. The summed E-state index contributed by atoms with van der Waals surface area (Å²) in [6.45, 7) is 6.21. The Morgan fingerprint density at radius 1 is 1.53 bits per heavy atom. The number of carbonyl (C=O) groups is 1. The van der Waals surface area contributed by atoms with Crippen LogP contribution in [0.15, 0.2) is 24.5 Å². The minimum atomic E-state index is -0.811. The van der Waals surface area contributed by atoms with Gasteiger partial charge in [0.15, 0.2) is 0 Å². The van der Waals surface area contributed by atoms with Crippen LogP contribution in [0.5, 0.6) is 0 Å². The molecule has 0 bridgehead atoms. The lowest BCUT2D eigenvalue weighted by molar-refractivity contribution is -0.138. The molecule has 17 heavy (non-hydrogen) atoms. The molecule has 0 radical (unpaired) electrons. The highest BCUT2D eigenvalue weighted by atomic mass is 16.5. The summed E-state index contributed by atoms with van der Waals surface area (Å²) in [6, 6.07) is 5.68. The number of ether oxygens (including phenoxy) is 1. The molecule has 1 aromatic rings. The Balaban J connectivity index is 2.98. The lowest BCUT2D eigenvalue weighted by Crippen LogP contribution is -2.07. The lowest BCUT2D eigenvalue weighted by atomic mass is 9.96. The van der Waals surface area contributed by atoms with Gasteiger partial charge < -0.3 is 9.84 Å². The molecule has 0 saturated heterocycles. The number of rotatable bonds is 5. The number of carboxylic acid groups (broad SMARTS) is 1. The molecule has 0 heterocycles. The van der Waals surface area contributed by atoms with Crippen molar-refractivity contribution < 1.29 is 14.6 Å². The van der Waals surface area contributed by atoms with E-state index in [2.05, 4.69) is 0 Å². The lowest BCUT2D eigenvalue weighted by Gasteiger charge is -2.09. The highest BCUT2D eigenvalue weighted by Gasteiger charge is 2.13. The summed E-state index contributed by atoms with van der Waals surface area (Å²) in [4.78, 5) is 10.9. The van der Waals surface area contributed by atoms with Crippen LogP contribution in [0.2, 0.25) is 0 Å². The standard InChI is InChI=1S/C14H18O3/c1-4-17-8-7-12-9-13(6-5-10(12)2)11(3)14(15)16/h5-9,11H,4H2,1-3H3,(H,15,16)/b8-7+. The second-order valence-electron chi connectivity index (χ2n) is 3.93. The number of benzene rings is 1. The fourth-order valence-corrected chi connectivity index (χ4v) is 1.47. The monoisotopic (exact) mass is 234 g/mol. The van der Waals surface area contributed by atoms with E-state index in [1.165, 1.54) is 0 Å². The van der Waals surface area contributed by atoms with Crippen LogP contribution >= 0.6 is 0 Å². The molecule has 92 valence electrons. The number of hydrogen-bond acceptors (Lipinski definition) is 2. The van der Waals surface area contributed by atoms with Crippen molar-refractivity contribution in [1.82, 2.24) is 0 Å². The van der Waals surface area contributed by atoms with Gasteiger partial charge in [0, 0.05) is 0 Å². The predicted octanol–water partition coefficient (Wildman–Crippen LogP) is 3.19. The van der Waals surface area contributed by atoms with Crippen molar-refractivity contribution in [2.45, 2.75) is 26.7 Å². The van der Waals surface area contributed by atoms with Crippen molar-refractivity contribution in [2.24, 2.45) is 0 Å². The van der Waals surface area contributed by atoms with Crippen molar-refractivity contribution in [2.75, 3.05) is 6.61 Å². The maximum absolute atomic E-state index is 10.9. The van der Waals surface area contributed by atoms with Gasteiger partial charge in [-0.05, 0) is 43.5 Å². The predicted molar refractivity (Wildman–Crippen MR) is 67.9 cm³/mol. The van der Waals surface area contributed by atoms with Gasteiger partial charge in [0.1, 0.15) is 0 Å². The maximum atomic E-state index is 10.9. The van der Waals surface area contributed by atoms with Gasteiger partial charge in [-0.1, -0.05) is 18.2 Å². The van der Waals surface area contributed by atoms with E-state index in [-0.39, 0.29) is 0 Å². The first-order valence-corrected chi connectivity index (χ1v) is 5.67. The summed E-state index contributed by atoms with van der Waals surface area (Å²) >= 11 is 0. The van der Waals surface area contributed by atoms with Crippen molar-refractivity contribution >= 4 is 12.0 Å². The molecular formula is C14H18O3. The fourth-order valence-electron chi connectivity index (χ4n) is 1.47. The van der Waals surface area contributed by atoms with Crippen molar-refractivity contribution in [3.63, 3.8) is 0 Å². The largest absolute Gasteiger partial charge is 0.501 e. The summed E-state index contributed by atoms with van der Waals surface area (Å²) in [7, 11) is 0. The molecule has 1 aromatic carbocycles. The molecule has 0 aliphatic carbocycles. The van der Waals surface area contributed by atoms with Gasteiger partial charge in [-0.15, -0.1) is 0 Å². The quantitative estimate of drug-likeness (QED) is 0.796. The molecule has 1 rings (SSSR count). The molecular weight excluding hydrogens is 216 g/mol. The van der Waals surface area contributed by atoms with E-state index in [0.29, 0.717) is 6.61 Å². The van der Waals surface area contributed by atoms with E-state index in [4.69, 9.17) is 9.84 Å². The summed E-state index contributed by atoms with van der Waals surface area (Å²) < 4.78 is 5.14. The molecule has 3 nitrogen and oxygen atoms in total. The minimum absolute atomic E-state index is 0.491. The van der Waals surface area contributed by atoms with Crippen LogP contribution in [0.1, 0.15) is 36.5 Å². The third kappa shape index (κ3) is 3.63. The molecule has 0 fully saturated rings. The number of carboxylic acids is 1. The van der Waals surface area contributed by atoms with E-state index >= 15 is 0 Å². The van der Waals surface area contributed by atoms with Gasteiger partial charge in [0.05, 0.1) is 18.8 Å². The normalized spacial score (nSPS) is 12.6. The smallest absolute Gasteiger partial charge is 0.310 e. The van der Waals surface area contributed by atoms with Gasteiger partial charge in [0.2, 0.25) is 0 Å². The van der Waals surface area contributed by atoms with Gasteiger partial charge in [-0.3, -0.25) is 4.79 Å². The van der Waals surface area contributed by atoms with Crippen LogP contribution in [-0.4, -0.2) is 17.7 Å². The van der Waals surface area contributed by atoms with E-state index in [9.17, 15) is 4.79 Å². The maximum Gasteiger partial charge on any atom is 0.310 e. The third-order valence-corrected chi connectivity index (χ3v) is 2.68. The van der Waals surface area contributed by atoms with E-state index in [0.717, 1.165) is 16.7 Å². The molecule has 1 unspecified atom stereocenters. The molecule has 0 aliphatic heterocycles. The Labute approximate surface area is 102 Å². The average molecular weight is 234 g/mol. The molecule has 0 saturated carbocycles. The van der Waals surface area contributed by atoms with Crippen LogP contribution in [0.4, 0.5) is 0 Å². The first-order chi connectivity index (χ1) is 8.06. The summed E-state index contributed by atoms with van der Waals surface area (Å²) in [5.41, 5.74) is 2.89. The summed E-state index contributed by atoms with van der Waals surface area (Å²) in [6.07, 6.45) is 3.49. The van der Waals surface area contributed by atoms with E-state index < -0.39 is 11.9 Å². The van der Waals surface area contributed by atoms with E-state index in [1.807, 2.05) is 38.1 Å². The molecule has 0 spiro atoms. The zero-order valence-electron chi connectivity index (χ0n) is 10.4. The second kappa shape index (κ2) is 6.09. The van der Waals surface area contributed by atoms with Crippen LogP contribution < -0.4 is 0 Å². The minimum Gasteiger partial charge on any atom is -0.501 e. The molecule has 0 amide bonds. The Bertz CT molecular complexity index is 421. The Morgan fingerprint density at radius 3 is 2.82 bits per heavy atom.